The van der Waals surface area contributed by atoms with Crippen LogP contribution in [-0.4, -0.2) is 60.8 Å². The number of carbonyl (C=O) groups is 1. The Morgan fingerprint density at radius 3 is 2.76 bits per heavy atom. The van der Waals surface area contributed by atoms with Gasteiger partial charge in [-0.15, -0.1) is 5.10 Å². The highest BCUT2D eigenvalue weighted by atomic mass is 16.1. The Labute approximate surface area is 101 Å². The summed E-state index contributed by atoms with van der Waals surface area (Å²) >= 11 is 0. The summed E-state index contributed by atoms with van der Waals surface area (Å²) < 4.78 is 0. The van der Waals surface area contributed by atoms with Gasteiger partial charge in [0.25, 0.3) is 0 Å². The van der Waals surface area contributed by atoms with Crippen LogP contribution in [0.1, 0.15) is 0 Å². The van der Waals surface area contributed by atoms with Gasteiger partial charge in [-0.05, 0) is 12.1 Å². The lowest BCUT2D eigenvalue weighted by molar-refractivity contribution is -0.121. The predicted octanol–water partition coefficient (Wildman–Crippen LogP) is -0.655. The summed E-state index contributed by atoms with van der Waals surface area (Å²) in [6.45, 7) is 4.00. The molecule has 0 aromatic carbocycles. The molecule has 0 spiro atoms. The van der Waals surface area contributed by atoms with Crippen LogP contribution in [0.15, 0.2) is 18.3 Å². The monoisotopic (exact) mass is 235 g/mol. The predicted molar refractivity (Wildman–Crippen MR) is 64.8 cm³/mol. The van der Waals surface area contributed by atoms with Crippen LogP contribution in [0.5, 0.6) is 0 Å². The van der Waals surface area contributed by atoms with Gasteiger partial charge in [0.2, 0.25) is 5.91 Å². The smallest absolute Gasteiger partial charge is 0.233 e. The van der Waals surface area contributed by atoms with Gasteiger partial charge in [-0.25, -0.2) is 0 Å². The summed E-state index contributed by atoms with van der Waals surface area (Å²) in [5.74, 6) is 0.977. The highest BCUT2D eigenvalue weighted by Crippen LogP contribution is 2.11. The van der Waals surface area contributed by atoms with Gasteiger partial charge < -0.3 is 10.2 Å². The lowest BCUT2D eigenvalue weighted by Crippen LogP contribution is -2.49. The average molecular weight is 235 g/mol. The van der Waals surface area contributed by atoms with Gasteiger partial charge in [0, 0.05) is 39.4 Å². The summed E-state index contributed by atoms with van der Waals surface area (Å²) in [6.07, 6.45) is 1.67. The molecule has 6 nitrogen and oxygen atoms in total. The Morgan fingerprint density at radius 1 is 1.41 bits per heavy atom. The number of rotatable bonds is 3. The molecule has 0 bridgehead atoms. The fourth-order valence-electron chi connectivity index (χ4n) is 1.88. The highest BCUT2D eigenvalue weighted by Gasteiger charge is 2.19. The molecule has 0 unspecified atom stereocenters. The second kappa shape index (κ2) is 5.58. The summed E-state index contributed by atoms with van der Waals surface area (Å²) in [6, 6.07) is 3.85. The van der Waals surface area contributed by atoms with Gasteiger partial charge in [0.1, 0.15) is 0 Å². The molecule has 0 atom stereocenters. The lowest BCUT2D eigenvalue weighted by atomic mass is 10.3. The lowest BCUT2D eigenvalue weighted by Gasteiger charge is -2.34. The van der Waals surface area contributed by atoms with E-state index in [0.29, 0.717) is 6.54 Å². The quantitative estimate of drug-likeness (QED) is 0.754. The first-order valence-corrected chi connectivity index (χ1v) is 5.75. The number of anilines is 1. The zero-order valence-electron chi connectivity index (χ0n) is 9.96. The van der Waals surface area contributed by atoms with Crippen LogP contribution >= 0.6 is 0 Å². The fraction of sp³-hybridized carbons (Fsp3) is 0.545. The number of hydrogen-bond donors (Lipinski definition) is 1. The van der Waals surface area contributed by atoms with E-state index in [9.17, 15) is 4.79 Å². The molecule has 0 aliphatic carbocycles. The Bertz CT molecular complexity index is 361. The molecule has 1 aliphatic rings. The molecule has 0 saturated carbocycles. The van der Waals surface area contributed by atoms with E-state index in [0.717, 1.165) is 32.0 Å². The van der Waals surface area contributed by atoms with Gasteiger partial charge in [0.05, 0.1) is 6.54 Å². The fourth-order valence-corrected chi connectivity index (χ4v) is 1.88. The van der Waals surface area contributed by atoms with Crippen LogP contribution in [0.25, 0.3) is 0 Å². The van der Waals surface area contributed by atoms with Crippen molar-refractivity contribution in [2.75, 3.05) is 44.7 Å². The zero-order chi connectivity index (χ0) is 12.1. The number of carbonyl (C=O) groups excluding carboxylic acids is 1. The van der Waals surface area contributed by atoms with Crippen LogP contribution in [0, 0.1) is 0 Å². The zero-order valence-corrected chi connectivity index (χ0v) is 9.96. The molecule has 1 saturated heterocycles. The molecule has 1 N–H and O–H groups in total. The van der Waals surface area contributed by atoms with Gasteiger partial charge in [-0.3, -0.25) is 9.69 Å². The third kappa shape index (κ3) is 3.13. The molecule has 1 aromatic rings. The van der Waals surface area contributed by atoms with E-state index in [1.807, 2.05) is 12.1 Å². The largest absolute Gasteiger partial charge is 0.358 e. The van der Waals surface area contributed by atoms with Crippen molar-refractivity contribution in [2.45, 2.75) is 0 Å². The molecule has 6 heteroatoms. The molecule has 1 fully saturated rings. The van der Waals surface area contributed by atoms with E-state index in [4.69, 9.17) is 0 Å². The van der Waals surface area contributed by atoms with E-state index in [1.165, 1.54) is 0 Å². The van der Waals surface area contributed by atoms with E-state index in [-0.39, 0.29) is 5.91 Å². The molecular weight excluding hydrogens is 218 g/mol. The first kappa shape index (κ1) is 11.8. The maximum atomic E-state index is 11.2. The Hall–Kier alpha value is -1.69. The molecular formula is C11H17N5O. The SMILES string of the molecule is CNC(=O)CN1CCN(c2cccnn2)CC1. The molecule has 2 rings (SSSR count). The molecule has 0 radical (unpaired) electrons. The van der Waals surface area contributed by atoms with Crippen LogP contribution < -0.4 is 10.2 Å². The van der Waals surface area contributed by atoms with Crippen molar-refractivity contribution in [2.24, 2.45) is 0 Å². The second-order valence-corrected chi connectivity index (χ2v) is 4.02. The van der Waals surface area contributed by atoms with Crippen LogP contribution in [0.3, 0.4) is 0 Å². The Morgan fingerprint density at radius 2 is 2.18 bits per heavy atom. The average Bonchev–Trinajstić information content (AvgIpc) is 2.40. The van der Waals surface area contributed by atoms with Crippen molar-refractivity contribution in [3.8, 4) is 0 Å². The molecule has 17 heavy (non-hydrogen) atoms. The maximum absolute atomic E-state index is 11.2. The number of aromatic nitrogens is 2. The minimum Gasteiger partial charge on any atom is -0.358 e. The normalized spacial score (nSPS) is 16.9. The van der Waals surface area contributed by atoms with Crippen molar-refractivity contribution in [3.63, 3.8) is 0 Å². The summed E-state index contributed by atoms with van der Waals surface area (Å²) in [5.41, 5.74) is 0. The standard InChI is InChI=1S/C11H17N5O/c1-12-11(17)9-15-5-7-16(8-6-15)10-3-2-4-13-14-10/h2-4H,5-9H2,1H3,(H,12,17). The van der Waals surface area contributed by atoms with Gasteiger partial charge in [-0.1, -0.05) is 0 Å². The number of nitrogens with one attached hydrogen (secondary N) is 1. The van der Waals surface area contributed by atoms with E-state index >= 15 is 0 Å². The van der Waals surface area contributed by atoms with Crippen molar-refractivity contribution in [1.82, 2.24) is 20.4 Å². The molecule has 2 heterocycles. The molecule has 1 amide bonds. The van der Waals surface area contributed by atoms with Gasteiger partial charge in [-0.2, -0.15) is 5.10 Å². The number of piperazine rings is 1. The van der Waals surface area contributed by atoms with E-state index in [1.54, 1.807) is 13.2 Å². The van der Waals surface area contributed by atoms with Crippen molar-refractivity contribution < 1.29 is 4.79 Å². The molecule has 1 aliphatic heterocycles. The maximum Gasteiger partial charge on any atom is 0.233 e. The van der Waals surface area contributed by atoms with Crippen LogP contribution in [0.2, 0.25) is 0 Å². The third-order valence-electron chi connectivity index (χ3n) is 2.90. The minimum absolute atomic E-state index is 0.0675. The summed E-state index contributed by atoms with van der Waals surface area (Å²) in [4.78, 5) is 15.6. The van der Waals surface area contributed by atoms with Crippen molar-refractivity contribution in [3.05, 3.63) is 18.3 Å². The number of nitrogens with zero attached hydrogens (tertiary/aromatic N) is 4. The molecule has 1 aromatic heterocycles. The summed E-state index contributed by atoms with van der Waals surface area (Å²) in [5, 5.41) is 10.6. The van der Waals surface area contributed by atoms with Gasteiger partial charge >= 0.3 is 0 Å². The van der Waals surface area contributed by atoms with Crippen molar-refractivity contribution in [1.29, 1.82) is 0 Å². The summed E-state index contributed by atoms with van der Waals surface area (Å²) in [7, 11) is 1.66. The number of amides is 1. The second-order valence-electron chi connectivity index (χ2n) is 4.02. The first-order chi connectivity index (χ1) is 8.29. The number of hydrogen-bond acceptors (Lipinski definition) is 5. The highest BCUT2D eigenvalue weighted by molar-refractivity contribution is 5.77. The van der Waals surface area contributed by atoms with Gasteiger partial charge in [0.15, 0.2) is 5.82 Å². The van der Waals surface area contributed by atoms with Crippen molar-refractivity contribution >= 4 is 11.7 Å². The van der Waals surface area contributed by atoms with E-state index in [2.05, 4.69) is 25.3 Å². The topological polar surface area (TPSA) is 61.4 Å². The number of likely N-dealkylation sites (N-methyl/N-ethyl adjacent to an activating group) is 1. The Balaban J connectivity index is 1.84. The third-order valence-corrected chi connectivity index (χ3v) is 2.90. The van der Waals surface area contributed by atoms with Crippen LogP contribution in [0.4, 0.5) is 5.82 Å². The van der Waals surface area contributed by atoms with E-state index < -0.39 is 0 Å². The van der Waals surface area contributed by atoms with Crippen LogP contribution in [-0.2, 0) is 4.79 Å². The minimum atomic E-state index is 0.0675. The molecule has 92 valence electrons. The Kier molecular flexibility index (Phi) is 3.87. The first-order valence-electron chi connectivity index (χ1n) is 5.75.